The maximum Gasteiger partial charge on any atom is 0.0116 e. The molecule has 0 radical (unpaired) electrons. The summed E-state index contributed by atoms with van der Waals surface area (Å²) in [6, 6.07) is 2.82. The van der Waals surface area contributed by atoms with Gasteiger partial charge in [-0.3, -0.25) is 0 Å². The lowest BCUT2D eigenvalue weighted by Gasteiger charge is -2.30. The van der Waals surface area contributed by atoms with Crippen LogP contribution in [-0.2, 0) is 6.42 Å². The lowest BCUT2D eigenvalue weighted by atomic mass is 9.83. The Kier molecular flexibility index (Phi) is 4.14. The highest BCUT2D eigenvalue weighted by Gasteiger charge is 2.22. The Labute approximate surface area is 91.5 Å². The number of hydrogen-bond donors (Lipinski definition) is 1. The fourth-order valence-corrected chi connectivity index (χ4v) is 2.46. The molecule has 1 nitrogen and oxygen atoms in total. The van der Waals surface area contributed by atoms with Crippen molar-refractivity contribution < 1.29 is 0 Å². The summed E-state index contributed by atoms with van der Waals surface area (Å²) in [4.78, 5) is 0. The average molecular weight is 211 g/mol. The summed E-state index contributed by atoms with van der Waals surface area (Å²) in [6.45, 7) is 6.88. The van der Waals surface area contributed by atoms with Crippen LogP contribution in [0.4, 0.5) is 0 Å². The third kappa shape index (κ3) is 3.43. The zero-order valence-corrected chi connectivity index (χ0v) is 10.4. The summed E-state index contributed by atoms with van der Waals surface area (Å²) in [6.07, 6.45) is 2.41. The van der Waals surface area contributed by atoms with Crippen molar-refractivity contribution in [1.82, 2.24) is 5.32 Å². The first-order chi connectivity index (χ1) is 6.54. The van der Waals surface area contributed by atoms with Gasteiger partial charge in [0, 0.05) is 6.04 Å². The Morgan fingerprint density at radius 3 is 2.57 bits per heavy atom. The van der Waals surface area contributed by atoms with E-state index in [1.165, 1.54) is 18.4 Å². The molecule has 1 atom stereocenters. The summed E-state index contributed by atoms with van der Waals surface area (Å²) in [5, 5.41) is 7.81. The smallest absolute Gasteiger partial charge is 0.0116 e. The highest BCUT2D eigenvalue weighted by molar-refractivity contribution is 7.07. The van der Waals surface area contributed by atoms with Crippen molar-refractivity contribution in [2.75, 3.05) is 7.05 Å². The highest BCUT2D eigenvalue weighted by Crippen LogP contribution is 2.23. The van der Waals surface area contributed by atoms with Crippen molar-refractivity contribution in [3.8, 4) is 0 Å². The molecule has 0 amide bonds. The topological polar surface area (TPSA) is 12.0 Å². The molecule has 0 bridgehead atoms. The van der Waals surface area contributed by atoms with Crippen molar-refractivity contribution in [3.63, 3.8) is 0 Å². The number of hydrogen-bond acceptors (Lipinski definition) is 2. The van der Waals surface area contributed by atoms with Crippen molar-refractivity contribution in [3.05, 3.63) is 22.4 Å². The van der Waals surface area contributed by atoms with Gasteiger partial charge in [-0.25, -0.2) is 0 Å². The van der Waals surface area contributed by atoms with E-state index in [1.807, 2.05) is 0 Å². The Bertz CT molecular complexity index is 246. The maximum atomic E-state index is 3.41. The Morgan fingerprint density at radius 1 is 1.43 bits per heavy atom. The van der Waals surface area contributed by atoms with Gasteiger partial charge in [-0.15, -0.1) is 0 Å². The van der Waals surface area contributed by atoms with Gasteiger partial charge in [-0.05, 0) is 47.7 Å². The van der Waals surface area contributed by atoms with Crippen molar-refractivity contribution >= 4 is 11.3 Å². The molecule has 0 aromatic carbocycles. The minimum absolute atomic E-state index is 0.352. The SMILES string of the molecule is CNC(CCc1ccsc1)C(C)(C)C. The van der Waals surface area contributed by atoms with E-state index in [0.29, 0.717) is 11.5 Å². The van der Waals surface area contributed by atoms with Crippen molar-refractivity contribution in [2.24, 2.45) is 5.41 Å². The molecule has 1 heterocycles. The lowest BCUT2D eigenvalue weighted by Crippen LogP contribution is -2.38. The van der Waals surface area contributed by atoms with Gasteiger partial charge in [-0.2, -0.15) is 11.3 Å². The van der Waals surface area contributed by atoms with Gasteiger partial charge in [0.05, 0.1) is 0 Å². The van der Waals surface area contributed by atoms with Crippen LogP contribution >= 0.6 is 11.3 Å². The number of rotatable bonds is 4. The van der Waals surface area contributed by atoms with Crippen LogP contribution < -0.4 is 5.32 Å². The van der Waals surface area contributed by atoms with E-state index in [4.69, 9.17) is 0 Å². The minimum Gasteiger partial charge on any atom is -0.316 e. The Morgan fingerprint density at radius 2 is 2.14 bits per heavy atom. The van der Waals surface area contributed by atoms with Gasteiger partial charge in [0.25, 0.3) is 0 Å². The molecule has 1 aromatic rings. The van der Waals surface area contributed by atoms with E-state index >= 15 is 0 Å². The molecule has 1 N–H and O–H groups in total. The normalized spacial score (nSPS) is 14.3. The molecule has 2 heteroatoms. The molecule has 0 saturated carbocycles. The quantitative estimate of drug-likeness (QED) is 0.805. The Hall–Kier alpha value is -0.340. The maximum absolute atomic E-state index is 3.41. The van der Waals surface area contributed by atoms with E-state index < -0.39 is 0 Å². The molecule has 80 valence electrons. The molecule has 0 spiro atoms. The first-order valence-electron chi connectivity index (χ1n) is 5.22. The minimum atomic E-state index is 0.352. The molecule has 1 aromatic heterocycles. The third-order valence-electron chi connectivity index (χ3n) is 2.70. The fourth-order valence-electron chi connectivity index (χ4n) is 1.76. The molecule has 0 fully saturated rings. The molecular weight excluding hydrogens is 190 g/mol. The lowest BCUT2D eigenvalue weighted by molar-refractivity contribution is 0.268. The number of thiophene rings is 1. The van der Waals surface area contributed by atoms with Crippen LogP contribution in [0.2, 0.25) is 0 Å². The summed E-state index contributed by atoms with van der Waals surface area (Å²) < 4.78 is 0. The van der Waals surface area contributed by atoms with E-state index in [0.717, 1.165) is 0 Å². The van der Waals surface area contributed by atoms with Crippen LogP contribution in [0.15, 0.2) is 16.8 Å². The number of aryl methyl sites for hydroxylation is 1. The van der Waals surface area contributed by atoms with Gasteiger partial charge < -0.3 is 5.32 Å². The predicted octanol–water partition coefficient (Wildman–Crippen LogP) is 3.31. The second-order valence-electron chi connectivity index (χ2n) is 4.88. The molecule has 0 aliphatic carbocycles. The standard InChI is InChI=1S/C12H21NS/c1-12(2,3)11(13-4)6-5-10-7-8-14-9-10/h7-9,11,13H,5-6H2,1-4H3. The fraction of sp³-hybridized carbons (Fsp3) is 0.667. The second-order valence-corrected chi connectivity index (χ2v) is 5.66. The van der Waals surface area contributed by atoms with Crippen LogP contribution in [0.5, 0.6) is 0 Å². The molecule has 0 saturated heterocycles. The zero-order valence-electron chi connectivity index (χ0n) is 9.63. The van der Waals surface area contributed by atoms with E-state index in [1.54, 1.807) is 11.3 Å². The zero-order chi connectivity index (χ0) is 10.6. The highest BCUT2D eigenvalue weighted by atomic mass is 32.1. The second kappa shape index (κ2) is 4.94. The summed E-state index contributed by atoms with van der Waals surface area (Å²) >= 11 is 1.79. The summed E-state index contributed by atoms with van der Waals surface area (Å²) in [7, 11) is 2.06. The molecule has 1 rings (SSSR count). The summed E-state index contributed by atoms with van der Waals surface area (Å²) in [5.41, 5.74) is 1.82. The first kappa shape index (κ1) is 11.7. The van der Waals surface area contributed by atoms with Gasteiger partial charge in [-0.1, -0.05) is 20.8 Å². The van der Waals surface area contributed by atoms with Crippen molar-refractivity contribution in [2.45, 2.75) is 39.7 Å². The average Bonchev–Trinajstić information content (AvgIpc) is 2.55. The van der Waals surface area contributed by atoms with Crippen LogP contribution in [0.3, 0.4) is 0 Å². The largest absolute Gasteiger partial charge is 0.316 e. The van der Waals surface area contributed by atoms with Gasteiger partial charge in [0.2, 0.25) is 0 Å². The van der Waals surface area contributed by atoms with Crippen LogP contribution in [0, 0.1) is 5.41 Å². The summed E-state index contributed by atoms with van der Waals surface area (Å²) in [5.74, 6) is 0. The first-order valence-corrected chi connectivity index (χ1v) is 6.16. The monoisotopic (exact) mass is 211 g/mol. The van der Waals surface area contributed by atoms with Crippen LogP contribution in [-0.4, -0.2) is 13.1 Å². The predicted molar refractivity (Wildman–Crippen MR) is 64.9 cm³/mol. The van der Waals surface area contributed by atoms with Crippen LogP contribution in [0.25, 0.3) is 0 Å². The van der Waals surface area contributed by atoms with E-state index in [2.05, 4.69) is 50.0 Å². The van der Waals surface area contributed by atoms with E-state index in [9.17, 15) is 0 Å². The van der Waals surface area contributed by atoms with Gasteiger partial charge in [0.1, 0.15) is 0 Å². The van der Waals surface area contributed by atoms with E-state index in [-0.39, 0.29) is 0 Å². The van der Waals surface area contributed by atoms with Gasteiger partial charge >= 0.3 is 0 Å². The van der Waals surface area contributed by atoms with Crippen LogP contribution in [0.1, 0.15) is 32.8 Å². The van der Waals surface area contributed by atoms with Crippen molar-refractivity contribution in [1.29, 1.82) is 0 Å². The third-order valence-corrected chi connectivity index (χ3v) is 3.43. The molecule has 0 aliphatic heterocycles. The number of nitrogens with one attached hydrogen (secondary N) is 1. The molecule has 1 unspecified atom stereocenters. The molecule has 0 aliphatic rings. The van der Waals surface area contributed by atoms with Gasteiger partial charge in [0.15, 0.2) is 0 Å². The Balaban J connectivity index is 2.43. The molecular formula is C12H21NS. The molecule has 14 heavy (non-hydrogen) atoms.